The van der Waals surface area contributed by atoms with Crippen LogP contribution in [0.25, 0.3) is 0 Å². The van der Waals surface area contributed by atoms with Gasteiger partial charge >= 0.3 is 0 Å². The Morgan fingerprint density at radius 3 is 2.65 bits per heavy atom. The lowest BCUT2D eigenvalue weighted by molar-refractivity contribution is -0.141. The predicted octanol–water partition coefficient (Wildman–Crippen LogP) is 1.95. The zero-order chi connectivity index (χ0) is 12.4. The van der Waals surface area contributed by atoms with Crippen molar-refractivity contribution in [1.82, 2.24) is 0 Å². The number of halogens is 2. The molecule has 5 heteroatoms. The smallest absolute Gasteiger partial charge is 0.191 e. The molecule has 0 saturated carbocycles. The van der Waals surface area contributed by atoms with E-state index in [1.165, 1.54) is 6.07 Å². The third-order valence-electron chi connectivity index (χ3n) is 2.58. The monoisotopic (exact) mass is 242 g/mol. The summed E-state index contributed by atoms with van der Waals surface area (Å²) in [6.45, 7) is 2.52. The number of benzene rings is 1. The molecule has 1 unspecified atom stereocenters. The van der Waals surface area contributed by atoms with E-state index >= 15 is 0 Å². The fraction of sp³-hybridized carbons (Fsp3) is 0.417. The summed E-state index contributed by atoms with van der Waals surface area (Å²) in [5.41, 5.74) is 0.108. The maximum atomic E-state index is 13.0. The molecule has 0 spiro atoms. The van der Waals surface area contributed by atoms with Crippen LogP contribution in [-0.2, 0) is 9.47 Å². The second-order valence-electron chi connectivity index (χ2n) is 3.93. The minimum atomic E-state index is -1.03. The van der Waals surface area contributed by atoms with Gasteiger partial charge in [0.05, 0.1) is 13.2 Å². The van der Waals surface area contributed by atoms with E-state index < -0.39 is 17.7 Å². The van der Waals surface area contributed by atoms with Crippen molar-refractivity contribution in [3.63, 3.8) is 0 Å². The van der Waals surface area contributed by atoms with Crippen LogP contribution in [0.4, 0.5) is 8.78 Å². The van der Waals surface area contributed by atoms with Crippen LogP contribution < -0.4 is 0 Å². The zero-order valence-electron chi connectivity index (χ0n) is 9.28. The Bertz CT molecular complexity index is 430. The molecule has 1 aromatic rings. The third-order valence-corrected chi connectivity index (χ3v) is 2.58. The first-order chi connectivity index (χ1) is 8.08. The minimum absolute atomic E-state index is 0.0840. The summed E-state index contributed by atoms with van der Waals surface area (Å²) in [6.07, 6.45) is -0.770. The van der Waals surface area contributed by atoms with E-state index in [-0.39, 0.29) is 17.5 Å². The average Bonchev–Trinajstić information content (AvgIpc) is 2.26. The molecule has 1 heterocycles. The fourth-order valence-electron chi connectivity index (χ4n) is 1.53. The molecule has 0 aliphatic carbocycles. The molecule has 0 aromatic heterocycles. The summed E-state index contributed by atoms with van der Waals surface area (Å²) < 4.78 is 35.9. The maximum absolute atomic E-state index is 13.0. The Kier molecular flexibility index (Phi) is 3.49. The molecule has 0 bridgehead atoms. The summed E-state index contributed by atoms with van der Waals surface area (Å²) >= 11 is 0. The number of hydrogen-bond donors (Lipinski definition) is 0. The molecule has 1 aliphatic heterocycles. The van der Waals surface area contributed by atoms with Crippen molar-refractivity contribution in [3.8, 4) is 0 Å². The van der Waals surface area contributed by atoms with Gasteiger partial charge in [0.15, 0.2) is 17.4 Å². The summed E-state index contributed by atoms with van der Waals surface area (Å²) in [5, 5.41) is 0. The maximum Gasteiger partial charge on any atom is 0.191 e. The highest BCUT2D eigenvalue weighted by molar-refractivity contribution is 5.99. The van der Waals surface area contributed by atoms with Gasteiger partial charge in [-0.05, 0) is 25.1 Å². The minimum Gasteiger partial charge on any atom is -0.376 e. The van der Waals surface area contributed by atoms with E-state index in [1.807, 2.05) is 0 Å². The SMILES string of the molecule is CC(OC1COC1)C(=O)c1ccc(F)c(F)c1. The normalized spacial score (nSPS) is 17.6. The summed E-state index contributed by atoms with van der Waals surface area (Å²) in [6, 6.07) is 3.06. The van der Waals surface area contributed by atoms with Gasteiger partial charge in [-0.1, -0.05) is 0 Å². The van der Waals surface area contributed by atoms with Crippen LogP contribution in [0, 0.1) is 11.6 Å². The van der Waals surface area contributed by atoms with Crippen molar-refractivity contribution < 1.29 is 23.0 Å². The van der Waals surface area contributed by atoms with Gasteiger partial charge in [0.25, 0.3) is 0 Å². The van der Waals surface area contributed by atoms with Crippen LogP contribution in [0.15, 0.2) is 18.2 Å². The Morgan fingerprint density at radius 2 is 2.12 bits per heavy atom. The Hall–Kier alpha value is -1.33. The van der Waals surface area contributed by atoms with E-state index in [1.54, 1.807) is 6.92 Å². The second-order valence-corrected chi connectivity index (χ2v) is 3.93. The third kappa shape index (κ3) is 2.68. The van der Waals surface area contributed by atoms with Gasteiger partial charge < -0.3 is 9.47 Å². The number of ether oxygens (including phenoxy) is 2. The van der Waals surface area contributed by atoms with Crippen LogP contribution in [0.5, 0.6) is 0 Å². The van der Waals surface area contributed by atoms with E-state index in [0.29, 0.717) is 13.2 Å². The first-order valence-corrected chi connectivity index (χ1v) is 5.30. The Morgan fingerprint density at radius 1 is 1.41 bits per heavy atom. The van der Waals surface area contributed by atoms with Gasteiger partial charge in [-0.2, -0.15) is 0 Å². The zero-order valence-corrected chi connectivity index (χ0v) is 9.28. The quantitative estimate of drug-likeness (QED) is 0.757. The van der Waals surface area contributed by atoms with Crippen molar-refractivity contribution in [2.24, 2.45) is 0 Å². The lowest BCUT2D eigenvalue weighted by atomic mass is 10.1. The molecule has 1 aliphatic rings. The van der Waals surface area contributed by atoms with E-state index in [4.69, 9.17) is 9.47 Å². The lowest BCUT2D eigenvalue weighted by Crippen LogP contribution is -2.40. The molecule has 1 saturated heterocycles. The van der Waals surface area contributed by atoms with Crippen LogP contribution in [0.3, 0.4) is 0 Å². The number of carbonyl (C=O) groups excluding carboxylic acids is 1. The average molecular weight is 242 g/mol. The van der Waals surface area contributed by atoms with Crippen molar-refractivity contribution in [3.05, 3.63) is 35.4 Å². The van der Waals surface area contributed by atoms with Crippen molar-refractivity contribution in [2.45, 2.75) is 19.1 Å². The van der Waals surface area contributed by atoms with Crippen LogP contribution >= 0.6 is 0 Å². The van der Waals surface area contributed by atoms with Gasteiger partial charge in [-0.15, -0.1) is 0 Å². The fourth-order valence-corrected chi connectivity index (χ4v) is 1.53. The molecule has 92 valence electrons. The largest absolute Gasteiger partial charge is 0.376 e. The van der Waals surface area contributed by atoms with Gasteiger partial charge in [0, 0.05) is 5.56 Å². The van der Waals surface area contributed by atoms with Crippen molar-refractivity contribution in [1.29, 1.82) is 0 Å². The van der Waals surface area contributed by atoms with Gasteiger partial charge in [0.2, 0.25) is 0 Å². The molecule has 0 N–H and O–H groups in total. The standard InChI is InChI=1S/C12H12F2O3/c1-7(17-9-5-16-6-9)12(15)8-2-3-10(13)11(14)4-8/h2-4,7,9H,5-6H2,1H3. The molecular weight excluding hydrogens is 230 g/mol. The number of Topliss-reactive ketones (excluding diaryl/α,β-unsaturated/α-hetero) is 1. The molecule has 2 rings (SSSR count). The first-order valence-electron chi connectivity index (χ1n) is 5.30. The molecule has 0 amide bonds. The Balaban J connectivity index is 2.04. The summed E-state index contributed by atoms with van der Waals surface area (Å²) in [5.74, 6) is -2.37. The number of hydrogen-bond acceptors (Lipinski definition) is 3. The second kappa shape index (κ2) is 4.89. The van der Waals surface area contributed by atoms with Gasteiger partial charge in [-0.3, -0.25) is 4.79 Å². The highest BCUT2D eigenvalue weighted by atomic mass is 19.2. The molecule has 0 radical (unpaired) electrons. The Labute approximate surface area is 97.3 Å². The van der Waals surface area contributed by atoms with Crippen molar-refractivity contribution >= 4 is 5.78 Å². The van der Waals surface area contributed by atoms with Gasteiger partial charge in [-0.25, -0.2) is 8.78 Å². The van der Waals surface area contributed by atoms with E-state index in [9.17, 15) is 13.6 Å². The summed E-state index contributed by atoms with van der Waals surface area (Å²) in [4.78, 5) is 11.8. The molecule has 1 atom stereocenters. The van der Waals surface area contributed by atoms with E-state index in [2.05, 4.69) is 0 Å². The molecule has 3 nitrogen and oxygen atoms in total. The first kappa shape index (κ1) is 12.1. The topological polar surface area (TPSA) is 35.5 Å². The highest BCUT2D eigenvalue weighted by Crippen LogP contribution is 2.15. The number of rotatable bonds is 4. The molecule has 1 fully saturated rings. The predicted molar refractivity (Wildman–Crippen MR) is 55.8 cm³/mol. The molecular formula is C12H12F2O3. The highest BCUT2D eigenvalue weighted by Gasteiger charge is 2.25. The van der Waals surface area contributed by atoms with Crippen molar-refractivity contribution in [2.75, 3.05) is 13.2 Å². The number of ketones is 1. The van der Waals surface area contributed by atoms with Crippen LogP contribution in [0.1, 0.15) is 17.3 Å². The lowest BCUT2D eigenvalue weighted by Gasteiger charge is -2.28. The van der Waals surface area contributed by atoms with E-state index in [0.717, 1.165) is 12.1 Å². The van der Waals surface area contributed by atoms with Gasteiger partial charge in [0.1, 0.15) is 12.2 Å². The molecule has 17 heavy (non-hydrogen) atoms. The molecule has 1 aromatic carbocycles. The summed E-state index contributed by atoms with van der Waals surface area (Å²) in [7, 11) is 0. The van der Waals surface area contributed by atoms with Crippen LogP contribution in [-0.4, -0.2) is 31.2 Å². The number of carbonyl (C=O) groups is 1. The van der Waals surface area contributed by atoms with Crippen LogP contribution in [0.2, 0.25) is 0 Å².